The molecule has 0 aromatic heterocycles. The minimum Gasteiger partial charge on any atom is -0.494 e. The summed E-state index contributed by atoms with van der Waals surface area (Å²) in [4.78, 5) is 11.1. The number of ether oxygens (including phenoxy) is 1. The molecule has 24 heavy (non-hydrogen) atoms. The molecule has 1 amide bonds. The topological polar surface area (TPSA) is 84.5 Å². The van der Waals surface area contributed by atoms with Gasteiger partial charge in [-0.15, -0.1) is 0 Å². The highest BCUT2D eigenvalue weighted by Gasteiger charge is 2.15. The van der Waals surface area contributed by atoms with Gasteiger partial charge in [0.2, 0.25) is 5.91 Å². The van der Waals surface area contributed by atoms with Gasteiger partial charge < -0.3 is 10.1 Å². The fourth-order valence-corrected chi connectivity index (χ4v) is 3.29. The third-order valence-electron chi connectivity index (χ3n) is 3.21. The number of nitrogens with one attached hydrogen (secondary N) is 2. The molecule has 0 aliphatic carbocycles. The van der Waals surface area contributed by atoms with Gasteiger partial charge in [-0.3, -0.25) is 9.52 Å². The van der Waals surface area contributed by atoms with E-state index in [1.54, 1.807) is 43.3 Å². The van der Waals surface area contributed by atoms with Crippen LogP contribution in [0.1, 0.15) is 19.4 Å². The number of amides is 1. The molecule has 2 aromatic carbocycles. The molecule has 0 unspecified atom stereocenters. The number of hydrogen-bond donors (Lipinski definition) is 2. The summed E-state index contributed by atoms with van der Waals surface area (Å²) in [5.74, 6) is 0.476. The van der Waals surface area contributed by atoms with Crippen molar-refractivity contribution in [1.29, 1.82) is 0 Å². The lowest BCUT2D eigenvalue weighted by Gasteiger charge is -2.12. The van der Waals surface area contributed by atoms with Gasteiger partial charge in [-0.05, 0) is 61.9 Å². The van der Waals surface area contributed by atoms with Crippen molar-refractivity contribution in [3.63, 3.8) is 0 Å². The van der Waals surface area contributed by atoms with E-state index in [9.17, 15) is 13.2 Å². The molecule has 7 heteroatoms. The van der Waals surface area contributed by atoms with Crippen LogP contribution >= 0.6 is 0 Å². The number of aryl methyl sites for hydroxylation is 1. The molecule has 0 aliphatic rings. The molecule has 6 nitrogen and oxygen atoms in total. The van der Waals surface area contributed by atoms with Crippen molar-refractivity contribution in [3.05, 3.63) is 48.0 Å². The van der Waals surface area contributed by atoms with Gasteiger partial charge in [0, 0.05) is 18.3 Å². The van der Waals surface area contributed by atoms with Gasteiger partial charge in [-0.2, -0.15) is 0 Å². The fourth-order valence-electron chi connectivity index (χ4n) is 2.15. The maximum atomic E-state index is 12.5. The minimum atomic E-state index is -3.70. The summed E-state index contributed by atoms with van der Waals surface area (Å²) in [5, 5.41) is 2.62. The Morgan fingerprint density at radius 2 is 1.71 bits per heavy atom. The van der Waals surface area contributed by atoms with Crippen LogP contribution in [0.2, 0.25) is 0 Å². The number of rotatable bonds is 6. The van der Waals surface area contributed by atoms with Gasteiger partial charge in [0.05, 0.1) is 11.5 Å². The second kappa shape index (κ2) is 7.35. The van der Waals surface area contributed by atoms with E-state index in [0.717, 1.165) is 5.56 Å². The molecule has 0 radical (unpaired) electrons. The van der Waals surface area contributed by atoms with Crippen molar-refractivity contribution < 1.29 is 17.9 Å². The van der Waals surface area contributed by atoms with E-state index in [4.69, 9.17) is 4.74 Å². The van der Waals surface area contributed by atoms with Crippen molar-refractivity contribution in [2.75, 3.05) is 16.6 Å². The lowest BCUT2D eigenvalue weighted by Crippen LogP contribution is -2.13. The van der Waals surface area contributed by atoms with Crippen LogP contribution in [0.4, 0.5) is 11.4 Å². The Morgan fingerprint density at radius 1 is 1.08 bits per heavy atom. The van der Waals surface area contributed by atoms with Crippen molar-refractivity contribution >= 4 is 27.3 Å². The zero-order valence-corrected chi connectivity index (χ0v) is 14.6. The van der Waals surface area contributed by atoms with Crippen LogP contribution in [0.25, 0.3) is 0 Å². The Balaban J connectivity index is 2.19. The first kappa shape index (κ1) is 17.8. The summed E-state index contributed by atoms with van der Waals surface area (Å²) in [6.07, 6.45) is 0. The van der Waals surface area contributed by atoms with Gasteiger partial charge >= 0.3 is 0 Å². The summed E-state index contributed by atoms with van der Waals surface area (Å²) in [7, 11) is -3.70. The number of hydrogen-bond acceptors (Lipinski definition) is 4. The van der Waals surface area contributed by atoms with E-state index in [0.29, 0.717) is 23.7 Å². The smallest absolute Gasteiger partial charge is 0.261 e. The van der Waals surface area contributed by atoms with E-state index in [1.165, 1.54) is 13.0 Å². The summed E-state index contributed by atoms with van der Waals surface area (Å²) < 4.78 is 32.9. The number of anilines is 2. The maximum absolute atomic E-state index is 12.5. The highest BCUT2D eigenvalue weighted by atomic mass is 32.2. The molecule has 0 spiro atoms. The fraction of sp³-hybridized carbons (Fsp3) is 0.235. The van der Waals surface area contributed by atoms with Crippen molar-refractivity contribution in [1.82, 2.24) is 0 Å². The molecular formula is C17H20N2O4S. The quantitative estimate of drug-likeness (QED) is 0.840. The molecule has 0 fully saturated rings. The van der Waals surface area contributed by atoms with E-state index in [-0.39, 0.29) is 10.8 Å². The second-order valence-corrected chi connectivity index (χ2v) is 6.91. The average molecular weight is 348 g/mol. The average Bonchev–Trinajstić information content (AvgIpc) is 2.50. The van der Waals surface area contributed by atoms with Crippen molar-refractivity contribution in [2.24, 2.45) is 0 Å². The van der Waals surface area contributed by atoms with Crippen LogP contribution in [-0.4, -0.2) is 20.9 Å². The molecule has 128 valence electrons. The molecule has 0 aliphatic heterocycles. The Kier molecular flexibility index (Phi) is 5.46. The summed E-state index contributed by atoms with van der Waals surface area (Å²) in [6, 6.07) is 11.2. The highest BCUT2D eigenvalue weighted by Crippen LogP contribution is 2.24. The Bertz CT molecular complexity index is 830. The Morgan fingerprint density at radius 3 is 2.25 bits per heavy atom. The normalized spacial score (nSPS) is 11.0. The zero-order valence-electron chi connectivity index (χ0n) is 13.8. The number of sulfonamides is 1. The first-order valence-electron chi connectivity index (χ1n) is 7.46. The van der Waals surface area contributed by atoms with Gasteiger partial charge in [-0.1, -0.05) is 0 Å². The summed E-state index contributed by atoms with van der Waals surface area (Å²) >= 11 is 0. The largest absolute Gasteiger partial charge is 0.494 e. The third kappa shape index (κ3) is 4.48. The van der Waals surface area contributed by atoms with Gasteiger partial charge in [0.15, 0.2) is 0 Å². The van der Waals surface area contributed by atoms with Crippen molar-refractivity contribution in [2.45, 2.75) is 25.7 Å². The van der Waals surface area contributed by atoms with Crippen LogP contribution in [0.3, 0.4) is 0 Å². The maximum Gasteiger partial charge on any atom is 0.261 e. The number of benzene rings is 2. The van der Waals surface area contributed by atoms with E-state index in [2.05, 4.69) is 10.0 Å². The van der Waals surface area contributed by atoms with E-state index >= 15 is 0 Å². The van der Waals surface area contributed by atoms with E-state index < -0.39 is 10.0 Å². The zero-order chi connectivity index (χ0) is 17.7. The lowest BCUT2D eigenvalue weighted by atomic mass is 10.2. The standard InChI is InChI=1S/C17H20N2O4S/c1-4-23-17-10-9-16(11-12(17)2)24(21,22)19-15-7-5-14(6-8-15)18-13(3)20/h5-11,19H,4H2,1-3H3,(H,18,20). The van der Waals surface area contributed by atoms with Gasteiger partial charge in [0.1, 0.15) is 5.75 Å². The molecule has 2 rings (SSSR count). The predicted octanol–water partition coefficient (Wildman–Crippen LogP) is 3.15. The summed E-state index contributed by atoms with van der Waals surface area (Å²) in [5.41, 5.74) is 1.76. The van der Waals surface area contributed by atoms with Gasteiger partial charge in [0.25, 0.3) is 10.0 Å². The molecule has 0 heterocycles. The highest BCUT2D eigenvalue weighted by molar-refractivity contribution is 7.92. The lowest BCUT2D eigenvalue weighted by molar-refractivity contribution is -0.114. The van der Waals surface area contributed by atoms with Crippen LogP contribution in [0.15, 0.2) is 47.4 Å². The van der Waals surface area contributed by atoms with E-state index in [1.807, 2.05) is 6.92 Å². The van der Waals surface area contributed by atoms with Gasteiger partial charge in [-0.25, -0.2) is 8.42 Å². The van der Waals surface area contributed by atoms with Crippen molar-refractivity contribution in [3.8, 4) is 5.75 Å². The predicted molar refractivity (Wildman–Crippen MR) is 93.9 cm³/mol. The first-order chi connectivity index (χ1) is 11.3. The van der Waals surface area contributed by atoms with Crippen LogP contribution < -0.4 is 14.8 Å². The first-order valence-corrected chi connectivity index (χ1v) is 8.94. The molecule has 2 N–H and O–H groups in total. The SMILES string of the molecule is CCOc1ccc(S(=O)(=O)Nc2ccc(NC(C)=O)cc2)cc1C. The number of carbonyl (C=O) groups is 1. The Hall–Kier alpha value is -2.54. The molecule has 0 saturated heterocycles. The molecular weight excluding hydrogens is 328 g/mol. The van der Waals surface area contributed by atoms with Crippen LogP contribution in [0, 0.1) is 6.92 Å². The van der Waals surface area contributed by atoms with Crippen LogP contribution in [-0.2, 0) is 14.8 Å². The Labute approximate surface area is 141 Å². The molecule has 0 saturated carbocycles. The number of carbonyl (C=O) groups excluding carboxylic acids is 1. The summed E-state index contributed by atoms with van der Waals surface area (Å²) in [6.45, 7) is 5.60. The molecule has 2 aromatic rings. The molecule has 0 atom stereocenters. The molecule has 0 bridgehead atoms. The third-order valence-corrected chi connectivity index (χ3v) is 4.59. The minimum absolute atomic E-state index is 0.161. The van der Waals surface area contributed by atoms with Crippen LogP contribution in [0.5, 0.6) is 5.75 Å². The second-order valence-electron chi connectivity index (χ2n) is 5.22. The monoisotopic (exact) mass is 348 g/mol.